The number of nitrogens with zero attached hydrogens (tertiary/aromatic N) is 2. The zero-order chi connectivity index (χ0) is 25.9. The van der Waals surface area contributed by atoms with Gasteiger partial charge in [0.05, 0.1) is 0 Å². The van der Waals surface area contributed by atoms with E-state index < -0.39 is 29.6 Å². The first-order valence-corrected chi connectivity index (χ1v) is 11.4. The third-order valence-corrected chi connectivity index (χ3v) is 5.86. The van der Waals surface area contributed by atoms with Crippen LogP contribution in [0, 0.1) is 17.5 Å². The predicted octanol–water partition coefficient (Wildman–Crippen LogP) is 7.08. The summed E-state index contributed by atoms with van der Waals surface area (Å²) >= 11 is 0. The van der Waals surface area contributed by atoms with E-state index in [1.54, 1.807) is 18.2 Å². The van der Waals surface area contributed by atoms with E-state index in [0.29, 0.717) is 29.2 Å². The Morgan fingerprint density at radius 1 is 0.750 bits per heavy atom. The summed E-state index contributed by atoms with van der Waals surface area (Å²) in [5.41, 5.74) is 2.49. The number of hydrogen-bond donors (Lipinski definition) is 0. The van der Waals surface area contributed by atoms with Crippen molar-refractivity contribution in [2.45, 2.75) is 45.4 Å². The lowest BCUT2D eigenvalue weighted by atomic mass is 9.98. The molecule has 1 aromatic heterocycles. The number of hydrogen-bond acceptors (Lipinski definition) is 3. The fourth-order valence-corrected chi connectivity index (χ4v) is 3.93. The third-order valence-electron chi connectivity index (χ3n) is 5.86. The molecule has 3 aromatic carbocycles. The minimum atomic E-state index is -5.22. The normalized spacial score (nSPS) is 11.8. The second-order valence-electron chi connectivity index (χ2n) is 8.39. The summed E-state index contributed by atoms with van der Waals surface area (Å²) in [7, 11) is 0. The van der Waals surface area contributed by atoms with Crippen LogP contribution in [0.15, 0.2) is 54.9 Å². The first-order valence-electron chi connectivity index (χ1n) is 11.4. The quantitative estimate of drug-likeness (QED) is 0.241. The smallest absolute Gasteiger partial charge is 0.399 e. The molecule has 0 bridgehead atoms. The van der Waals surface area contributed by atoms with E-state index in [1.165, 1.54) is 0 Å². The Balaban J connectivity index is 1.44. The maximum Gasteiger partial charge on any atom is 0.573 e. The van der Waals surface area contributed by atoms with Gasteiger partial charge in [-0.25, -0.2) is 23.1 Å². The number of benzene rings is 3. The van der Waals surface area contributed by atoms with Crippen LogP contribution in [0.4, 0.5) is 26.3 Å². The maximum absolute atomic E-state index is 15.1. The van der Waals surface area contributed by atoms with Gasteiger partial charge in [0.2, 0.25) is 5.75 Å². The molecule has 0 N–H and O–H groups in total. The van der Waals surface area contributed by atoms with Gasteiger partial charge in [-0.15, -0.1) is 13.2 Å². The van der Waals surface area contributed by atoms with Crippen molar-refractivity contribution in [3.05, 3.63) is 100 Å². The number of aromatic nitrogens is 2. The molecule has 9 heteroatoms. The molecule has 4 rings (SSSR count). The minimum absolute atomic E-state index is 0.0253. The van der Waals surface area contributed by atoms with Crippen LogP contribution in [0.25, 0.3) is 10.8 Å². The molecule has 0 fully saturated rings. The Bertz CT molecular complexity index is 1350. The fourth-order valence-electron chi connectivity index (χ4n) is 3.93. The van der Waals surface area contributed by atoms with Gasteiger partial charge < -0.3 is 4.74 Å². The van der Waals surface area contributed by atoms with Crippen LogP contribution < -0.4 is 4.74 Å². The van der Waals surface area contributed by atoms with Gasteiger partial charge in [-0.3, -0.25) is 0 Å². The Labute approximate surface area is 203 Å². The van der Waals surface area contributed by atoms with Gasteiger partial charge in [0.15, 0.2) is 11.6 Å². The molecule has 0 aliphatic carbocycles. The van der Waals surface area contributed by atoms with Gasteiger partial charge >= 0.3 is 6.36 Å². The van der Waals surface area contributed by atoms with Crippen LogP contribution in [0.1, 0.15) is 35.0 Å². The highest BCUT2D eigenvalue weighted by Crippen LogP contribution is 2.30. The van der Waals surface area contributed by atoms with E-state index >= 15 is 4.39 Å². The van der Waals surface area contributed by atoms with Crippen LogP contribution in [0.2, 0.25) is 0 Å². The average Bonchev–Trinajstić information content (AvgIpc) is 2.84. The van der Waals surface area contributed by atoms with Gasteiger partial charge in [-0.2, -0.15) is 0 Å². The van der Waals surface area contributed by atoms with Crippen molar-refractivity contribution in [2.75, 3.05) is 0 Å². The highest BCUT2D eigenvalue weighted by atomic mass is 19.4. The van der Waals surface area contributed by atoms with E-state index in [2.05, 4.69) is 14.7 Å². The van der Waals surface area contributed by atoms with E-state index in [-0.39, 0.29) is 18.4 Å². The Morgan fingerprint density at radius 2 is 1.42 bits per heavy atom. The summed E-state index contributed by atoms with van der Waals surface area (Å²) in [6, 6.07) is 10.3. The standard InChI is InChI=1S/C27H22F6N2O/c1-2-16-14-34-24(35-15-16)10-5-17-4-9-21-20(11-17)8-7-19(25(21)30)6-3-18-12-22(28)26(23(29)13-18)36-27(31,32)33/h4,7-9,11-15H,2-3,5-6,10H2,1H3. The number of fused-ring (bicyclic) bond motifs is 1. The second kappa shape index (κ2) is 10.6. The lowest BCUT2D eigenvalue weighted by Gasteiger charge is -2.12. The van der Waals surface area contributed by atoms with Crippen molar-refractivity contribution in [3.63, 3.8) is 0 Å². The van der Waals surface area contributed by atoms with Crippen molar-refractivity contribution in [3.8, 4) is 5.75 Å². The average molecular weight is 504 g/mol. The summed E-state index contributed by atoms with van der Waals surface area (Å²) in [5, 5.41) is 1.12. The van der Waals surface area contributed by atoms with Crippen molar-refractivity contribution in [1.29, 1.82) is 0 Å². The number of alkyl halides is 3. The number of ether oxygens (including phenoxy) is 1. The largest absolute Gasteiger partial charge is 0.573 e. The first kappa shape index (κ1) is 25.5. The fraction of sp³-hybridized carbons (Fsp3) is 0.259. The summed E-state index contributed by atoms with van der Waals surface area (Å²) in [5.74, 6) is -4.17. The summed E-state index contributed by atoms with van der Waals surface area (Å²) in [6.07, 6.45) is 0.747. The summed E-state index contributed by atoms with van der Waals surface area (Å²) < 4.78 is 83.4. The molecule has 3 nitrogen and oxygen atoms in total. The molecular formula is C27H22F6N2O. The zero-order valence-electron chi connectivity index (χ0n) is 19.3. The first-order chi connectivity index (χ1) is 17.1. The summed E-state index contributed by atoms with van der Waals surface area (Å²) in [4.78, 5) is 8.71. The van der Waals surface area contributed by atoms with Crippen LogP contribution >= 0.6 is 0 Å². The predicted molar refractivity (Wildman–Crippen MR) is 123 cm³/mol. The van der Waals surface area contributed by atoms with E-state index in [0.717, 1.165) is 35.5 Å². The minimum Gasteiger partial charge on any atom is -0.399 e. The number of aryl methyl sites for hydroxylation is 5. The SMILES string of the molecule is CCc1cnc(CCc2ccc3c(F)c(CCc4cc(F)c(OC(F)(F)F)c(F)c4)ccc3c2)nc1. The number of halogens is 6. The monoisotopic (exact) mass is 504 g/mol. The molecule has 0 saturated carbocycles. The topological polar surface area (TPSA) is 35.0 Å². The van der Waals surface area contributed by atoms with Gasteiger partial charge in [0.25, 0.3) is 0 Å². The highest BCUT2D eigenvalue weighted by molar-refractivity contribution is 5.84. The molecule has 0 amide bonds. The molecule has 1 heterocycles. The van der Waals surface area contributed by atoms with Gasteiger partial charge in [-0.05, 0) is 65.5 Å². The van der Waals surface area contributed by atoms with Crippen molar-refractivity contribution < 1.29 is 31.1 Å². The number of rotatable bonds is 8. The van der Waals surface area contributed by atoms with E-state index in [1.807, 2.05) is 31.5 Å². The van der Waals surface area contributed by atoms with Gasteiger partial charge in [-0.1, -0.05) is 37.3 Å². The molecule has 36 heavy (non-hydrogen) atoms. The molecule has 0 atom stereocenters. The Hall–Kier alpha value is -3.62. The molecule has 0 saturated heterocycles. The lowest BCUT2D eigenvalue weighted by molar-refractivity contribution is -0.276. The molecule has 0 spiro atoms. The van der Waals surface area contributed by atoms with Crippen LogP contribution in [-0.4, -0.2) is 16.3 Å². The molecule has 0 aliphatic heterocycles. The third kappa shape index (κ3) is 6.13. The summed E-state index contributed by atoms with van der Waals surface area (Å²) in [6.45, 7) is 2.03. The van der Waals surface area contributed by atoms with Crippen LogP contribution in [0.3, 0.4) is 0 Å². The lowest BCUT2D eigenvalue weighted by Crippen LogP contribution is -2.19. The Morgan fingerprint density at radius 3 is 2.06 bits per heavy atom. The molecule has 0 radical (unpaired) electrons. The molecule has 4 aromatic rings. The zero-order valence-corrected chi connectivity index (χ0v) is 19.3. The Kier molecular flexibility index (Phi) is 7.47. The van der Waals surface area contributed by atoms with Crippen molar-refractivity contribution in [2.24, 2.45) is 0 Å². The van der Waals surface area contributed by atoms with Gasteiger partial charge in [0, 0.05) is 24.2 Å². The van der Waals surface area contributed by atoms with Crippen molar-refractivity contribution >= 4 is 10.8 Å². The van der Waals surface area contributed by atoms with Gasteiger partial charge in [0.1, 0.15) is 11.6 Å². The van der Waals surface area contributed by atoms with Crippen LogP contribution in [0.5, 0.6) is 5.75 Å². The maximum atomic E-state index is 15.1. The van der Waals surface area contributed by atoms with Crippen LogP contribution in [-0.2, 0) is 32.1 Å². The molecule has 0 aliphatic rings. The molecule has 188 valence electrons. The van der Waals surface area contributed by atoms with E-state index in [4.69, 9.17) is 0 Å². The highest BCUT2D eigenvalue weighted by Gasteiger charge is 2.34. The molecule has 0 unspecified atom stereocenters. The molecular weight excluding hydrogens is 482 g/mol. The second-order valence-corrected chi connectivity index (χ2v) is 8.39. The van der Waals surface area contributed by atoms with Crippen molar-refractivity contribution in [1.82, 2.24) is 9.97 Å². The van der Waals surface area contributed by atoms with E-state index in [9.17, 15) is 22.0 Å².